The molecule has 14 heavy (non-hydrogen) atoms. The highest BCUT2D eigenvalue weighted by molar-refractivity contribution is 5.78. The normalized spacial score (nSPS) is 17.4. The van der Waals surface area contributed by atoms with Gasteiger partial charge in [-0.05, 0) is 12.8 Å². The van der Waals surface area contributed by atoms with Crippen LogP contribution in [-0.4, -0.2) is 15.4 Å². The van der Waals surface area contributed by atoms with Crippen LogP contribution in [0.4, 0.5) is 0 Å². The van der Waals surface area contributed by atoms with Crippen LogP contribution in [0.15, 0.2) is 12.5 Å². The van der Waals surface area contributed by atoms with Crippen molar-refractivity contribution < 1.29 is 0 Å². The number of hydrogen-bond donors (Lipinski definition) is 2. The van der Waals surface area contributed by atoms with Crippen LogP contribution in [0.3, 0.4) is 0 Å². The van der Waals surface area contributed by atoms with Gasteiger partial charge in [0.15, 0.2) is 0 Å². The van der Waals surface area contributed by atoms with Crippen molar-refractivity contribution in [2.75, 3.05) is 0 Å². The number of rotatable bonds is 3. The predicted molar refractivity (Wildman–Crippen MR) is 55.4 cm³/mol. The number of aromatic nitrogens is 2. The molecule has 3 N–H and O–H groups in total. The Kier molecular flexibility index (Phi) is 2.52. The van der Waals surface area contributed by atoms with Crippen LogP contribution in [0.25, 0.3) is 0 Å². The zero-order chi connectivity index (χ0) is 9.97. The summed E-state index contributed by atoms with van der Waals surface area (Å²) in [5.41, 5.74) is 6.47. The van der Waals surface area contributed by atoms with Gasteiger partial charge in [-0.15, -0.1) is 0 Å². The van der Waals surface area contributed by atoms with E-state index in [-0.39, 0.29) is 5.84 Å². The minimum absolute atomic E-state index is 0.213. The molecular weight excluding hydrogens is 176 g/mol. The first-order valence-corrected chi connectivity index (χ1v) is 5.11. The van der Waals surface area contributed by atoms with Crippen LogP contribution in [-0.2, 0) is 6.42 Å². The monoisotopic (exact) mass is 192 g/mol. The molecule has 1 aliphatic rings. The van der Waals surface area contributed by atoms with E-state index >= 15 is 0 Å². The van der Waals surface area contributed by atoms with Crippen molar-refractivity contribution in [3.63, 3.8) is 0 Å². The van der Waals surface area contributed by atoms with Crippen LogP contribution < -0.4 is 5.73 Å². The fourth-order valence-electron chi connectivity index (χ4n) is 2.18. The number of nitrogens with zero attached hydrogens (tertiary/aromatic N) is 2. The van der Waals surface area contributed by atoms with E-state index in [2.05, 4.69) is 9.55 Å². The van der Waals surface area contributed by atoms with Crippen molar-refractivity contribution in [2.45, 2.75) is 38.1 Å². The average molecular weight is 192 g/mol. The van der Waals surface area contributed by atoms with Gasteiger partial charge in [-0.1, -0.05) is 12.8 Å². The molecule has 4 nitrogen and oxygen atoms in total. The number of imidazole rings is 1. The van der Waals surface area contributed by atoms with Gasteiger partial charge in [-0.2, -0.15) is 0 Å². The molecule has 1 aromatic rings. The molecule has 76 valence electrons. The van der Waals surface area contributed by atoms with Gasteiger partial charge in [0.25, 0.3) is 0 Å². The first-order chi connectivity index (χ1) is 6.77. The smallest absolute Gasteiger partial charge is 0.0965 e. The third kappa shape index (κ3) is 1.78. The molecule has 1 fully saturated rings. The lowest BCUT2D eigenvalue weighted by molar-refractivity contribution is 0.505. The van der Waals surface area contributed by atoms with Crippen LogP contribution in [0.1, 0.15) is 37.4 Å². The maximum atomic E-state index is 7.27. The number of amidine groups is 1. The summed E-state index contributed by atoms with van der Waals surface area (Å²) in [6.07, 6.45) is 9.30. The standard InChI is InChI=1S/C10H16N4/c11-10(12)5-9-6-13-7-14(9)8-3-1-2-4-8/h6-8H,1-5H2,(H3,11,12). The summed E-state index contributed by atoms with van der Waals surface area (Å²) < 4.78 is 2.19. The van der Waals surface area contributed by atoms with Gasteiger partial charge in [0.2, 0.25) is 0 Å². The van der Waals surface area contributed by atoms with E-state index in [0.717, 1.165) is 5.69 Å². The van der Waals surface area contributed by atoms with Crippen molar-refractivity contribution in [1.29, 1.82) is 5.41 Å². The predicted octanol–water partition coefficient (Wildman–Crippen LogP) is 1.48. The third-order valence-electron chi connectivity index (χ3n) is 2.84. The Morgan fingerprint density at radius 2 is 2.29 bits per heavy atom. The molecule has 0 radical (unpaired) electrons. The molecular formula is C10H16N4. The Morgan fingerprint density at radius 1 is 1.57 bits per heavy atom. The van der Waals surface area contributed by atoms with Gasteiger partial charge in [0.1, 0.15) is 0 Å². The molecule has 0 aliphatic heterocycles. The topological polar surface area (TPSA) is 67.7 Å². The van der Waals surface area contributed by atoms with Gasteiger partial charge in [-0.3, -0.25) is 5.41 Å². The number of nitrogens with two attached hydrogens (primary N) is 1. The van der Waals surface area contributed by atoms with Crippen molar-refractivity contribution in [3.8, 4) is 0 Å². The Bertz CT molecular complexity index is 323. The van der Waals surface area contributed by atoms with E-state index in [1.165, 1.54) is 25.7 Å². The Labute approximate surface area is 83.6 Å². The lowest BCUT2D eigenvalue weighted by Gasteiger charge is -2.14. The maximum absolute atomic E-state index is 7.27. The van der Waals surface area contributed by atoms with Gasteiger partial charge in [-0.25, -0.2) is 4.98 Å². The molecule has 1 aromatic heterocycles. The van der Waals surface area contributed by atoms with E-state index in [4.69, 9.17) is 11.1 Å². The summed E-state index contributed by atoms with van der Waals surface area (Å²) >= 11 is 0. The highest BCUT2D eigenvalue weighted by atomic mass is 15.1. The highest BCUT2D eigenvalue weighted by Crippen LogP contribution is 2.30. The van der Waals surface area contributed by atoms with Crippen molar-refractivity contribution in [3.05, 3.63) is 18.2 Å². The molecule has 0 spiro atoms. The molecule has 0 aromatic carbocycles. The summed E-state index contributed by atoms with van der Waals surface area (Å²) in [7, 11) is 0. The Morgan fingerprint density at radius 3 is 2.93 bits per heavy atom. The number of hydrogen-bond acceptors (Lipinski definition) is 2. The zero-order valence-electron chi connectivity index (χ0n) is 8.24. The second-order valence-corrected chi connectivity index (χ2v) is 3.93. The summed E-state index contributed by atoms with van der Waals surface area (Å²) in [5.74, 6) is 0.213. The van der Waals surface area contributed by atoms with E-state index < -0.39 is 0 Å². The number of nitrogens with one attached hydrogen (secondary N) is 1. The second-order valence-electron chi connectivity index (χ2n) is 3.93. The van der Waals surface area contributed by atoms with Crippen LogP contribution in [0.2, 0.25) is 0 Å². The Hall–Kier alpha value is -1.32. The third-order valence-corrected chi connectivity index (χ3v) is 2.84. The van der Waals surface area contributed by atoms with E-state index in [1.54, 1.807) is 0 Å². The minimum Gasteiger partial charge on any atom is -0.387 e. The van der Waals surface area contributed by atoms with Gasteiger partial charge >= 0.3 is 0 Å². The molecule has 1 heterocycles. The fourth-order valence-corrected chi connectivity index (χ4v) is 2.18. The van der Waals surface area contributed by atoms with Crippen molar-refractivity contribution >= 4 is 5.84 Å². The van der Waals surface area contributed by atoms with Gasteiger partial charge in [0, 0.05) is 24.4 Å². The highest BCUT2D eigenvalue weighted by Gasteiger charge is 2.18. The molecule has 2 rings (SSSR count). The Balaban J connectivity index is 2.15. The second kappa shape index (κ2) is 3.82. The van der Waals surface area contributed by atoms with E-state index in [9.17, 15) is 0 Å². The molecule has 0 bridgehead atoms. The van der Waals surface area contributed by atoms with Gasteiger partial charge in [0.05, 0.1) is 12.2 Å². The molecule has 0 atom stereocenters. The molecule has 1 aliphatic carbocycles. The quantitative estimate of drug-likeness (QED) is 0.562. The van der Waals surface area contributed by atoms with Gasteiger partial charge < -0.3 is 10.3 Å². The zero-order valence-corrected chi connectivity index (χ0v) is 8.24. The average Bonchev–Trinajstić information content (AvgIpc) is 2.70. The summed E-state index contributed by atoms with van der Waals surface area (Å²) in [6, 6.07) is 0.590. The first-order valence-electron chi connectivity index (χ1n) is 5.11. The summed E-state index contributed by atoms with van der Waals surface area (Å²) in [6.45, 7) is 0. The summed E-state index contributed by atoms with van der Waals surface area (Å²) in [5, 5.41) is 7.27. The SMILES string of the molecule is N=C(N)Cc1cncn1C1CCCC1. The van der Waals surface area contributed by atoms with Crippen molar-refractivity contribution in [1.82, 2.24) is 9.55 Å². The molecule has 0 unspecified atom stereocenters. The van der Waals surface area contributed by atoms with Crippen LogP contribution >= 0.6 is 0 Å². The first kappa shape index (κ1) is 9.24. The van der Waals surface area contributed by atoms with E-state index in [0.29, 0.717) is 12.5 Å². The summed E-state index contributed by atoms with van der Waals surface area (Å²) in [4.78, 5) is 4.13. The van der Waals surface area contributed by atoms with E-state index in [1.807, 2.05) is 12.5 Å². The lowest BCUT2D eigenvalue weighted by Crippen LogP contribution is -2.17. The lowest BCUT2D eigenvalue weighted by atomic mass is 10.2. The fraction of sp³-hybridized carbons (Fsp3) is 0.600. The molecule has 1 saturated carbocycles. The van der Waals surface area contributed by atoms with Crippen LogP contribution in [0, 0.1) is 5.41 Å². The molecule has 0 amide bonds. The van der Waals surface area contributed by atoms with Crippen LogP contribution in [0.5, 0.6) is 0 Å². The largest absolute Gasteiger partial charge is 0.387 e. The minimum atomic E-state index is 0.213. The molecule has 4 heteroatoms. The maximum Gasteiger partial charge on any atom is 0.0965 e. The molecule has 0 saturated heterocycles. The van der Waals surface area contributed by atoms with Crippen molar-refractivity contribution in [2.24, 2.45) is 5.73 Å².